The minimum atomic E-state index is -0.603. The Bertz CT molecular complexity index is 246. The second-order valence-corrected chi connectivity index (χ2v) is 5.70. The normalized spacial score (nSPS) is 16.0. The fourth-order valence-corrected chi connectivity index (χ4v) is 2.09. The van der Waals surface area contributed by atoms with Crippen molar-refractivity contribution in [2.24, 2.45) is 11.7 Å². The Kier molecular flexibility index (Phi) is 9.88. The minimum Gasteiger partial charge on any atom is -0.381 e. The van der Waals surface area contributed by atoms with E-state index in [2.05, 4.69) is 26.1 Å². The first-order chi connectivity index (χ1) is 8.96. The van der Waals surface area contributed by atoms with E-state index >= 15 is 0 Å². The van der Waals surface area contributed by atoms with Gasteiger partial charge >= 0.3 is 0 Å². The lowest BCUT2D eigenvalue weighted by Gasteiger charge is -2.27. The lowest BCUT2D eigenvalue weighted by Crippen LogP contribution is -2.53. The predicted octanol–water partition coefficient (Wildman–Crippen LogP) is 2.46. The molecule has 4 nitrogen and oxygen atoms in total. The van der Waals surface area contributed by atoms with E-state index in [1.165, 1.54) is 12.8 Å². The van der Waals surface area contributed by atoms with Crippen LogP contribution in [0.3, 0.4) is 0 Å². The fourth-order valence-electron chi connectivity index (χ4n) is 2.09. The molecule has 0 bridgehead atoms. The molecule has 2 unspecified atom stereocenters. The summed E-state index contributed by atoms with van der Waals surface area (Å²) in [5.74, 6) is 0.339. The van der Waals surface area contributed by atoms with Crippen LogP contribution in [0.5, 0.6) is 0 Å². The van der Waals surface area contributed by atoms with E-state index < -0.39 is 5.54 Å². The van der Waals surface area contributed by atoms with Crippen molar-refractivity contribution in [3.8, 4) is 0 Å². The number of carbonyl (C=O) groups excluding carboxylic acids is 1. The summed E-state index contributed by atoms with van der Waals surface area (Å²) >= 11 is 0. The van der Waals surface area contributed by atoms with Crippen molar-refractivity contribution in [1.82, 2.24) is 5.32 Å². The van der Waals surface area contributed by atoms with Gasteiger partial charge in [-0.1, -0.05) is 27.2 Å². The van der Waals surface area contributed by atoms with Crippen LogP contribution in [0.15, 0.2) is 0 Å². The first-order valence-corrected chi connectivity index (χ1v) is 7.59. The molecule has 0 aliphatic heterocycles. The summed E-state index contributed by atoms with van der Waals surface area (Å²) in [4.78, 5) is 11.5. The van der Waals surface area contributed by atoms with Crippen molar-refractivity contribution >= 4 is 5.91 Å². The number of rotatable bonds is 12. The van der Waals surface area contributed by atoms with E-state index in [0.717, 1.165) is 32.4 Å². The third kappa shape index (κ3) is 8.22. The van der Waals surface area contributed by atoms with Gasteiger partial charge < -0.3 is 15.8 Å². The smallest absolute Gasteiger partial charge is 0.237 e. The molecule has 0 fully saturated rings. The van der Waals surface area contributed by atoms with Crippen molar-refractivity contribution in [2.75, 3.05) is 19.8 Å². The average molecular weight is 272 g/mol. The van der Waals surface area contributed by atoms with E-state index in [0.29, 0.717) is 12.5 Å². The molecule has 0 radical (unpaired) electrons. The number of carbonyl (C=O) groups is 1. The number of hydrogen-bond acceptors (Lipinski definition) is 3. The number of primary amides is 1. The molecule has 0 spiro atoms. The Hall–Kier alpha value is -0.610. The summed E-state index contributed by atoms with van der Waals surface area (Å²) in [5.41, 5.74) is 4.87. The Balaban J connectivity index is 3.84. The molecule has 0 rings (SSSR count). The molecule has 0 aromatic carbocycles. The molecule has 0 aromatic heterocycles. The van der Waals surface area contributed by atoms with Gasteiger partial charge in [0.15, 0.2) is 0 Å². The number of hydrogen-bond donors (Lipinski definition) is 2. The maximum atomic E-state index is 11.5. The molecular weight excluding hydrogens is 240 g/mol. The van der Waals surface area contributed by atoms with E-state index in [-0.39, 0.29) is 5.91 Å². The van der Waals surface area contributed by atoms with Crippen LogP contribution >= 0.6 is 0 Å². The summed E-state index contributed by atoms with van der Waals surface area (Å²) in [6.07, 6.45) is 4.98. The van der Waals surface area contributed by atoms with Crippen LogP contribution in [0, 0.1) is 5.92 Å². The maximum Gasteiger partial charge on any atom is 0.237 e. The standard InChI is InChI=1S/C15H32N2O2/c1-5-8-13(3)12-19-11-7-9-15(4,14(16)18)17-10-6-2/h13,17H,5-12H2,1-4H3,(H2,16,18). The quantitative estimate of drug-likeness (QED) is 0.536. The van der Waals surface area contributed by atoms with Gasteiger partial charge in [0.2, 0.25) is 5.91 Å². The molecule has 0 saturated carbocycles. The van der Waals surface area contributed by atoms with Gasteiger partial charge in [-0.2, -0.15) is 0 Å². The van der Waals surface area contributed by atoms with Gasteiger partial charge in [-0.25, -0.2) is 0 Å². The highest BCUT2D eigenvalue weighted by atomic mass is 16.5. The first-order valence-electron chi connectivity index (χ1n) is 7.59. The van der Waals surface area contributed by atoms with Crippen molar-refractivity contribution in [1.29, 1.82) is 0 Å². The third-order valence-electron chi connectivity index (χ3n) is 3.46. The van der Waals surface area contributed by atoms with Gasteiger partial charge in [0, 0.05) is 13.2 Å². The van der Waals surface area contributed by atoms with Crippen LogP contribution in [0.4, 0.5) is 0 Å². The van der Waals surface area contributed by atoms with Gasteiger partial charge in [-0.15, -0.1) is 0 Å². The molecule has 0 saturated heterocycles. The van der Waals surface area contributed by atoms with Crippen LogP contribution in [0.1, 0.15) is 59.8 Å². The second kappa shape index (κ2) is 10.2. The average Bonchev–Trinajstić information content (AvgIpc) is 2.36. The topological polar surface area (TPSA) is 64.3 Å². The Morgan fingerprint density at radius 2 is 2.05 bits per heavy atom. The van der Waals surface area contributed by atoms with Gasteiger partial charge in [0.25, 0.3) is 0 Å². The fraction of sp³-hybridized carbons (Fsp3) is 0.933. The second-order valence-electron chi connectivity index (χ2n) is 5.70. The minimum absolute atomic E-state index is 0.277. The molecule has 1 amide bonds. The van der Waals surface area contributed by atoms with Crippen molar-refractivity contribution in [3.05, 3.63) is 0 Å². The Morgan fingerprint density at radius 1 is 1.37 bits per heavy atom. The van der Waals surface area contributed by atoms with Crippen molar-refractivity contribution < 1.29 is 9.53 Å². The van der Waals surface area contributed by atoms with E-state index in [9.17, 15) is 4.79 Å². The van der Waals surface area contributed by atoms with E-state index in [1.807, 2.05) is 6.92 Å². The Morgan fingerprint density at radius 3 is 2.58 bits per heavy atom. The zero-order valence-corrected chi connectivity index (χ0v) is 13.1. The number of ether oxygens (including phenoxy) is 1. The molecule has 0 aliphatic carbocycles. The third-order valence-corrected chi connectivity index (χ3v) is 3.46. The van der Waals surface area contributed by atoms with Gasteiger partial charge in [-0.3, -0.25) is 4.79 Å². The summed E-state index contributed by atoms with van der Waals surface area (Å²) in [6, 6.07) is 0. The maximum absolute atomic E-state index is 11.5. The Labute approximate surface area is 118 Å². The summed E-state index contributed by atoms with van der Waals surface area (Å²) < 4.78 is 5.65. The largest absolute Gasteiger partial charge is 0.381 e. The lowest BCUT2D eigenvalue weighted by molar-refractivity contribution is -0.124. The van der Waals surface area contributed by atoms with Gasteiger partial charge in [-0.05, 0) is 45.1 Å². The molecular formula is C15H32N2O2. The van der Waals surface area contributed by atoms with E-state index in [4.69, 9.17) is 10.5 Å². The van der Waals surface area contributed by atoms with Crippen LogP contribution in [-0.4, -0.2) is 31.2 Å². The lowest BCUT2D eigenvalue weighted by atomic mass is 9.95. The molecule has 0 aromatic rings. The summed E-state index contributed by atoms with van der Waals surface area (Å²) in [6.45, 7) is 10.7. The van der Waals surface area contributed by atoms with Crippen LogP contribution in [0.25, 0.3) is 0 Å². The molecule has 114 valence electrons. The summed E-state index contributed by atoms with van der Waals surface area (Å²) in [7, 11) is 0. The van der Waals surface area contributed by atoms with Crippen molar-refractivity contribution in [2.45, 2.75) is 65.3 Å². The number of amides is 1. The molecule has 2 atom stereocenters. The highest BCUT2D eigenvalue weighted by Gasteiger charge is 2.29. The first kappa shape index (κ1) is 18.4. The van der Waals surface area contributed by atoms with Crippen LogP contribution in [0.2, 0.25) is 0 Å². The molecule has 0 heterocycles. The number of nitrogens with one attached hydrogen (secondary N) is 1. The predicted molar refractivity (Wildman–Crippen MR) is 80.0 cm³/mol. The number of nitrogens with two attached hydrogens (primary N) is 1. The SMILES string of the molecule is CCCNC(C)(CCCOCC(C)CCC)C(N)=O. The zero-order chi connectivity index (χ0) is 14.7. The molecule has 19 heavy (non-hydrogen) atoms. The van der Waals surface area contributed by atoms with E-state index in [1.54, 1.807) is 0 Å². The highest BCUT2D eigenvalue weighted by Crippen LogP contribution is 2.13. The van der Waals surface area contributed by atoms with Crippen LogP contribution in [-0.2, 0) is 9.53 Å². The monoisotopic (exact) mass is 272 g/mol. The molecule has 3 N–H and O–H groups in total. The molecule has 4 heteroatoms. The van der Waals surface area contributed by atoms with Crippen molar-refractivity contribution in [3.63, 3.8) is 0 Å². The van der Waals surface area contributed by atoms with Gasteiger partial charge in [0.05, 0.1) is 5.54 Å². The van der Waals surface area contributed by atoms with Gasteiger partial charge in [0.1, 0.15) is 0 Å². The molecule has 0 aliphatic rings. The summed E-state index contributed by atoms with van der Waals surface area (Å²) in [5, 5.41) is 3.24. The van der Waals surface area contributed by atoms with Crippen LogP contribution < -0.4 is 11.1 Å². The highest BCUT2D eigenvalue weighted by molar-refractivity contribution is 5.84. The zero-order valence-electron chi connectivity index (χ0n) is 13.1.